The van der Waals surface area contributed by atoms with Gasteiger partial charge < -0.3 is 5.32 Å². The van der Waals surface area contributed by atoms with Crippen molar-refractivity contribution in [2.45, 2.75) is 39.2 Å². The highest BCUT2D eigenvalue weighted by Gasteiger charge is 2.47. The van der Waals surface area contributed by atoms with Crippen molar-refractivity contribution in [1.82, 2.24) is 15.1 Å². The van der Waals surface area contributed by atoms with Gasteiger partial charge in [-0.2, -0.15) is 5.10 Å². The van der Waals surface area contributed by atoms with Gasteiger partial charge in [-0.15, -0.1) is 0 Å². The predicted octanol–water partition coefficient (Wildman–Crippen LogP) is 2.31. The summed E-state index contributed by atoms with van der Waals surface area (Å²) < 4.78 is 1.93. The Bertz CT molecular complexity index is 393. The van der Waals surface area contributed by atoms with Crippen LogP contribution in [0.25, 0.3) is 0 Å². The van der Waals surface area contributed by atoms with Crippen LogP contribution in [0.4, 0.5) is 0 Å². The Kier molecular flexibility index (Phi) is 3.01. The number of rotatable bonds is 4. The number of nitrogens with one attached hydrogen (secondary N) is 1. The monoisotopic (exact) mass is 241 g/mol. The maximum atomic E-state index is 6.29. The molecule has 1 aliphatic rings. The molecule has 1 atom stereocenters. The molecule has 0 bridgehead atoms. The minimum atomic E-state index is 0.401. The van der Waals surface area contributed by atoms with E-state index in [1.807, 2.05) is 25.7 Å². The van der Waals surface area contributed by atoms with Crippen LogP contribution in [-0.2, 0) is 13.5 Å². The van der Waals surface area contributed by atoms with Crippen LogP contribution in [0, 0.1) is 12.3 Å². The largest absolute Gasteiger partial charge is 0.317 e. The van der Waals surface area contributed by atoms with Gasteiger partial charge in [-0.05, 0) is 45.6 Å². The zero-order valence-electron chi connectivity index (χ0n) is 10.5. The fourth-order valence-corrected chi connectivity index (χ4v) is 2.66. The van der Waals surface area contributed by atoms with Gasteiger partial charge in [0, 0.05) is 13.1 Å². The van der Waals surface area contributed by atoms with Crippen molar-refractivity contribution in [2.24, 2.45) is 12.5 Å². The quantitative estimate of drug-likeness (QED) is 0.877. The summed E-state index contributed by atoms with van der Waals surface area (Å²) in [6.45, 7) is 4.22. The van der Waals surface area contributed by atoms with Gasteiger partial charge in [-0.1, -0.05) is 11.6 Å². The van der Waals surface area contributed by atoms with Crippen molar-refractivity contribution in [3.63, 3.8) is 0 Å². The van der Waals surface area contributed by atoms with Gasteiger partial charge in [0.05, 0.1) is 16.4 Å². The molecule has 0 aromatic carbocycles. The molecule has 1 aromatic heterocycles. The average molecular weight is 242 g/mol. The van der Waals surface area contributed by atoms with E-state index in [2.05, 4.69) is 17.3 Å². The van der Waals surface area contributed by atoms with Gasteiger partial charge in [0.15, 0.2) is 0 Å². The van der Waals surface area contributed by atoms with Gasteiger partial charge in [-0.25, -0.2) is 0 Å². The molecule has 90 valence electrons. The van der Waals surface area contributed by atoms with E-state index < -0.39 is 0 Å². The van der Waals surface area contributed by atoms with Crippen LogP contribution >= 0.6 is 11.6 Å². The molecule has 1 heterocycles. The fourth-order valence-electron chi connectivity index (χ4n) is 2.44. The maximum absolute atomic E-state index is 6.29. The Hall–Kier alpha value is -0.540. The lowest BCUT2D eigenvalue weighted by Gasteiger charge is -2.23. The number of aryl methyl sites for hydroxylation is 2. The molecule has 1 aromatic rings. The van der Waals surface area contributed by atoms with Crippen LogP contribution in [-0.4, -0.2) is 22.9 Å². The molecule has 1 saturated carbocycles. The predicted molar refractivity (Wildman–Crippen MR) is 66.8 cm³/mol. The highest BCUT2D eigenvalue weighted by atomic mass is 35.5. The van der Waals surface area contributed by atoms with Gasteiger partial charge in [0.1, 0.15) is 0 Å². The summed E-state index contributed by atoms with van der Waals surface area (Å²) in [6.07, 6.45) is 3.61. The first-order chi connectivity index (χ1) is 7.50. The summed E-state index contributed by atoms with van der Waals surface area (Å²) in [5, 5.41) is 8.58. The molecule has 1 fully saturated rings. The Labute approximate surface area is 102 Å². The minimum Gasteiger partial charge on any atom is -0.317 e. The van der Waals surface area contributed by atoms with Crippen LogP contribution in [0.5, 0.6) is 0 Å². The molecule has 16 heavy (non-hydrogen) atoms. The van der Waals surface area contributed by atoms with Crippen molar-refractivity contribution in [3.8, 4) is 0 Å². The molecule has 1 unspecified atom stereocenters. The van der Waals surface area contributed by atoms with Crippen molar-refractivity contribution in [3.05, 3.63) is 16.4 Å². The van der Waals surface area contributed by atoms with Crippen molar-refractivity contribution >= 4 is 11.6 Å². The molecule has 4 heteroatoms. The van der Waals surface area contributed by atoms with Gasteiger partial charge in [0.25, 0.3) is 0 Å². The van der Waals surface area contributed by atoms with Crippen LogP contribution in [0.1, 0.15) is 31.2 Å². The normalized spacial score (nSPS) is 19.8. The summed E-state index contributed by atoms with van der Waals surface area (Å²) in [4.78, 5) is 0. The topological polar surface area (TPSA) is 29.9 Å². The van der Waals surface area contributed by atoms with Crippen LogP contribution < -0.4 is 5.32 Å². The molecule has 0 saturated heterocycles. The van der Waals surface area contributed by atoms with E-state index in [1.165, 1.54) is 18.5 Å². The molecule has 0 spiro atoms. The number of nitrogens with zero attached hydrogens (tertiary/aromatic N) is 2. The van der Waals surface area contributed by atoms with Crippen LogP contribution in [0.15, 0.2) is 0 Å². The Morgan fingerprint density at radius 3 is 2.56 bits per heavy atom. The van der Waals surface area contributed by atoms with E-state index in [9.17, 15) is 0 Å². The van der Waals surface area contributed by atoms with Crippen molar-refractivity contribution < 1.29 is 0 Å². The molecule has 0 aliphatic heterocycles. The van der Waals surface area contributed by atoms with E-state index in [-0.39, 0.29) is 0 Å². The average Bonchev–Trinajstić information content (AvgIpc) is 2.99. The molecular formula is C12H20ClN3. The summed E-state index contributed by atoms with van der Waals surface area (Å²) in [6, 6.07) is 0.541. The molecule has 1 N–H and O–H groups in total. The summed E-state index contributed by atoms with van der Waals surface area (Å²) in [5.41, 5.74) is 2.52. The highest BCUT2D eigenvalue weighted by molar-refractivity contribution is 6.31. The van der Waals surface area contributed by atoms with E-state index in [0.29, 0.717) is 11.5 Å². The zero-order chi connectivity index (χ0) is 11.9. The Morgan fingerprint density at radius 2 is 2.19 bits per heavy atom. The number of halogens is 1. The smallest absolute Gasteiger partial charge is 0.0847 e. The maximum Gasteiger partial charge on any atom is 0.0847 e. The first-order valence-corrected chi connectivity index (χ1v) is 6.23. The van der Waals surface area contributed by atoms with Crippen molar-refractivity contribution in [1.29, 1.82) is 0 Å². The molecular weight excluding hydrogens is 222 g/mol. The Balaban J connectivity index is 2.21. The van der Waals surface area contributed by atoms with E-state index in [0.717, 1.165) is 17.1 Å². The number of hydrogen-bond donors (Lipinski definition) is 1. The second kappa shape index (κ2) is 4.04. The zero-order valence-corrected chi connectivity index (χ0v) is 11.2. The second-order valence-corrected chi connectivity index (χ2v) is 5.40. The van der Waals surface area contributed by atoms with Crippen LogP contribution in [0.2, 0.25) is 5.02 Å². The van der Waals surface area contributed by atoms with E-state index in [1.54, 1.807) is 0 Å². The lowest BCUT2D eigenvalue weighted by Crippen LogP contribution is -2.33. The summed E-state index contributed by atoms with van der Waals surface area (Å²) >= 11 is 6.29. The first kappa shape index (κ1) is 11.9. The molecule has 2 rings (SSSR count). The van der Waals surface area contributed by atoms with E-state index in [4.69, 9.17) is 11.6 Å². The SMILES string of the molecule is CNC(C)C1(Cc2c(Cl)c(C)nn2C)CC1. The summed E-state index contributed by atoms with van der Waals surface area (Å²) in [5.74, 6) is 0. The highest BCUT2D eigenvalue weighted by Crippen LogP contribution is 2.51. The lowest BCUT2D eigenvalue weighted by molar-refractivity contribution is 0.361. The van der Waals surface area contributed by atoms with Gasteiger partial charge in [0.2, 0.25) is 0 Å². The first-order valence-electron chi connectivity index (χ1n) is 5.85. The lowest BCUT2D eigenvalue weighted by atomic mass is 9.92. The number of aromatic nitrogens is 2. The second-order valence-electron chi connectivity index (χ2n) is 5.02. The molecule has 3 nitrogen and oxygen atoms in total. The molecule has 0 radical (unpaired) electrons. The standard InChI is InChI=1S/C12H20ClN3/c1-8-11(13)10(16(4)15-8)7-12(5-6-12)9(2)14-3/h9,14H,5-7H2,1-4H3. The molecule has 1 aliphatic carbocycles. The summed E-state index contributed by atoms with van der Waals surface area (Å²) in [7, 11) is 4.01. The van der Waals surface area contributed by atoms with Crippen molar-refractivity contribution in [2.75, 3.05) is 7.05 Å². The van der Waals surface area contributed by atoms with E-state index >= 15 is 0 Å². The van der Waals surface area contributed by atoms with Gasteiger partial charge in [-0.3, -0.25) is 4.68 Å². The number of hydrogen-bond acceptors (Lipinski definition) is 2. The third-order valence-corrected chi connectivity index (χ3v) is 4.52. The fraction of sp³-hybridized carbons (Fsp3) is 0.750. The molecule has 0 amide bonds. The third-order valence-electron chi connectivity index (χ3n) is 4.02. The van der Waals surface area contributed by atoms with Gasteiger partial charge >= 0.3 is 0 Å². The third kappa shape index (κ3) is 1.87. The van der Waals surface area contributed by atoms with Crippen LogP contribution in [0.3, 0.4) is 0 Å². The Morgan fingerprint density at radius 1 is 1.56 bits per heavy atom. The minimum absolute atomic E-state index is 0.401.